The molecule has 26 heavy (non-hydrogen) atoms. The maximum atomic E-state index is 12.3. The van der Waals surface area contributed by atoms with Gasteiger partial charge >= 0.3 is 0 Å². The number of ketones is 1. The molecule has 2 aromatic carbocycles. The monoisotopic (exact) mass is 383 g/mol. The molecular formula is C20H21N3OS2. The number of thioether (sulfide) groups is 2. The predicted molar refractivity (Wildman–Crippen MR) is 108 cm³/mol. The van der Waals surface area contributed by atoms with E-state index in [0.29, 0.717) is 5.75 Å². The first-order valence-corrected chi connectivity index (χ1v) is 10.3. The van der Waals surface area contributed by atoms with Gasteiger partial charge in [0.15, 0.2) is 10.9 Å². The molecule has 0 atom stereocenters. The van der Waals surface area contributed by atoms with Crippen LogP contribution in [-0.2, 0) is 12.8 Å². The molecule has 3 aromatic rings. The van der Waals surface area contributed by atoms with Crippen molar-refractivity contribution in [2.24, 2.45) is 7.05 Å². The summed E-state index contributed by atoms with van der Waals surface area (Å²) in [5.41, 5.74) is 3.14. The molecule has 134 valence electrons. The van der Waals surface area contributed by atoms with Crippen LogP contribution in [0, 0.1) is 13.8 Å². The average molecular weight is 384 g/mol. The number of carbonyl (C=O) groups is 1. The molecule has 0 aliphatic carbocycles. The number of hydrogen-bond acceptors (Lipinski definition) is 5. The van der Waals surface area contributed by atoms with Crippen molar-refractivity contribution in [3.05, 3.63) is 71.0 Å². The summed E-state index contributed by atoms with van der Waals surface area (Å²) in [6.07, 6.45) is 0. The zero-order chi connectivity index (χ0) is 18.5. The number of aryl methyl sites for hydroxylation is 2. The Morgan fingerprint density at radius 2 is 1.54 bits per heavy atom. The van der Waals surface area contributed by atoms with Crippen molar-refractivity contribution >= 4 is 29.3 Å². The first-order chi connectivity index (χ1) is 12.5. The summed E-state index contributed by atoms with van der Waals surface area (Å²) in [6.45, 7) is 4.09. The van der Waals surface area contributed by atoms with Crippen molar-refractivity contribution in [3.63, 3.8) is 0 Å². The summed E-state index contributed by atoms with van der Waals surface area (Å²) in [5.74, 6) is 2.12. The normalized spacial score (nSPS) is 10.9. The minimum Gasteiger partial charge on any atom is -0.308 e. The first-order valence-electron chi connectivity index (χ1n) is 8.33. The lowest BCUT2D eigenvalue weighted by molar-refractivity contribution is 0.102. The van der Waals surface area contributed by atoms with Gasteiger partial charge in [0.2, 0.25) is 0 Å². The van der Waals surface area contributed by atoms with E-state index in [2.05, 4.69) is 41.4 Å². The van der Waals surface area contributed by atoms with Gasteiger partial charge in [0, 0.05) is 17.5 Å². The van der Waals surface area contributed by atoms with Crippen LogP contribution in [0.15, 0.2) is 58.6 Å². The highest BCUT2D eigenvalue weighted by Gasteiger charge is 2.13. The van der Waals surface area contributed by atoms with Crippen LogP contribution in [-0.4, -0.2) is 26.3 Å². The number of rotatable bonds is 7. The van der Waals surface area contributed by atoms with E-state index in [-0.39, 0.29) is 5.78 Å². The van der Waals surface area contributed by atoms with Crippen molar-refractivity contribution in [2.45, 2.75) is 29.7 Å². The molecule has 3 rings (SSSR count). The number of nitrogens with zero attached hydrogens (tertiary/aromatic N) is 3. The quantitative estimate of drug-likeness (QED) is 0.437. The number of aromatic nitrogens is 3. The Hall–Kier alpha value is -2.05. The van der Waals surface area contributed by atoms with Gasteiger partial charge in [-0.05, 0) is 26.0 Å². The third-order valence-corrected chi connectivity index (χ3v) is 6.05. The summed E-state index contributed by atoms with van der Waals surface area (Å²) in [5, 5.41) is 9.27. The Balaban J connectivity index is 1.57. The van der Waals surface area contributed by atoms with Crippen LogP contribution in [0.4, 0.5) is 0 Å². The van der Waals surface area contributed by atoms with E-state index in [4.69, 9.17) is 0 Å². The van der Waals surface area contributed by atoms with Gasteiger partial charge in [-0.25, -0.2) is 0 Å². The van der Waals surface area contributed by atoms with Gasteiger partial charge in [-0.1, -0.05) is 59.3 Å². The molecule has 0 spiro atoms. The Labute approximate surface area is 162 Å². The molecule has 0 unspecified atom stereocenters. The van der Waals surface area contributed by atoms with Crippen LogP contribution < -0.4 is 0 Å². The number of hydrogen-bond donors (Lipinski definition) is 0. The van der Waals surface area contributed by atoms with Crippen LogP contribution in [0.1, 0.15) is 27.3 Å². The van der Waals surface area contributed by atoms with Crippen LogP contribution >= 0.6 is 23.5 Å². The number of benzene rings is 2. The summed E-state index contributed by atoms with van der Waals surface area (Å²) in [6, 6.07) is 16.1. The number of Topliss-reactive ketones (excluding diaryl/α,β-unsaturated/α-hetero) is 1. The maximum absolute atomic E-state index is 12.3. The van der Waals surface area contributed by atoms with Gasteiger partial charge in [-0.15, -0.1) is 22.0 Å². The van der Waals surface area contributed by atoms with E-state index in [1.165, 1.54) is 22.2 Å². The van der Waals surface area contributed by atoms with Crippen molar-refractivity contribution in [1.82, 2.24) is 14.8 Å². The zero-order valence-corrected chi connectivity index (χ0v) is 16.7. The summed E-state index contributed by atoms with van der Waals surface area (Å²) in [4.78, 5) is 13.5. The van der Waals surface area contributed by atoms with Crippen molar-refractivity contribution in [2.75, 3.05) is 5.75 Å². The van der Waals surface area contributed by atoms with Crippen LogP contribution in [0.3, 0.4) is 0 Å². The lowest BCUT2D eigenvalue weighted by Crippen LogP contribution is -2.04. The van der Waals surface area contributed by atoms with E-state index < -0.39 is 0 Å². The standard InChI is InChI=1S/C20H21N3OS2/c1-14-4-8-16(9-5-14)18(24)12-26-20-22-21-19(23(20)3)13-25-17-10-6-15(2)7-11-17/h4-11H,12-13H2,1-3H3. The third-order valence-electron chi connectivity index (χ3n) is 4.02. The predicted octanol–water partition coefficient (Wildman–Crippen LogP) is 4.70. The van der Waals surface area contributed by atoms with Crippen LogP contribution in [0.2, 0.25) is 0 Å². The topological polar surface area (TPSA) is 47.8 Å². The second kappa shape index (κ2) is 8.56. The van der Waals surface area contributed by atoms with Gasteiger partial charge < -0.3 is 4.57 Å². The highest BCUT2D eigenvalue weighted by atomic mass is 32.2. The molecule has 1 heterocycles. The van der Waals surface area contributed by atoms with E-state index >= 15 is 0 Å². The highest BCUT2D eigenvalue weighted by molar-refractivity contribution is 7.99. The van der Waals surface area contributed by atoms with E-state index in [9.17, 15) is 4.79 Å². The molecule has 0 bridgehead atoms. The molecule has 4 nitrogen and oxygen atoms in total. The molecule has 0 saturated heterocycles. The van der Waals surface area contributed by atoms with Gasteiger partial charge in [0.25, 0.3) is 0 Å². The van der Waals surface area contributed by atoms with Gasteiger partial charge in [0.1, 0.15) is 5.82 Å². The molecule has 0 fully saturated rings. The maximum Gasteiger partial charge on any atom is 0.191 e. The van der Waals surface area contributed by atoms with Crippen molar-refractivity contribution in [3.8, 4) is 0 Å². The van der Waals surface area contributed by atoms with Crippen LogP contribution in [0.5, 0.6) is 0 Å². The fourth-order valence-electron chi connectivity index (χ4n) is 2.33. The lowest BCUT2D eigenvalue weighted by Gasteiger charge is -2.05. The molecule has 6 heteroatoms. The summed E-state index contributed by atoms with van der Waals surface area (Å²) < 4.78 is 1.97. The van der Waals surface area contributed by atoms with Gasteiger partial charge in [-0.2, -0.15) is 0 Å². The fraction of sp³-hybridized carbons (Fsp3) is 0.250. The van der Waals surface area contributed by atoms with Crippen molar-refractivity contribution in [1.29, 1.82) is 0 Å². The Bertz CT molecular complexity index is 886. The largest absolute Gasteiger partial charge is 0.308 e. The van der Waals surface area contributed by atoms with Gasteiger partial charge in [-0.3, -0.25) is 4.79 Å². The minimum atomic E-state index is 0.105. The Morgan fingerprint density at radius 1 is 0.923 bits per heavy atom. The van der Waals surface area contributed by atoms with Crippen LogP contribution in [0.25, 0.3) is 0 Å². The second-order valence-corrected chi connectivity index (χ2v) is 8.13. The number of carbonyl (C=O) groups excluding carboxylic acids is 1. The van der Waals surface area contributed by atoms with E-state index in [1.54, 1.807) is 11.8 Å². The molecule has 0 aliphatic rings. The van der Waals surface area contributed by atoms with Crippen molar-refractivity contribution < 1.29 is 4.79 Å². The fourth-order valence-corrected chi connectivity index (χ4v) is 4.03. The second-order valence-electron chi connectivity index (χ2n) is 6.14. The molecule has 0 N–H and O–H groups in total. The molecule has 1 aromatic heterocycles. The average Bonchev–Trinajstić information content (AvgIpc) is 3.00. The third kappa shape index (κ3) is 4.77. The SMILES string of the molecule is Cc1ccc(SCc2nnc(SCC(=O)c3ccc(C)cc3)n2C)cc1. The Morgan fingerprint density at radius 3 is 2.19 bits per heavy atom. The summed E-state index contributed by atoms with van der Waals surface area (Å²) >= 11 is 3.16. The molecule has 0 amide bonds. The highest BCUT2D eigenvalue weighted by Crippen LogP contribution is 2.24. The Kier molecular flexibility index (Phi) is 6.16. The molecule has 0 aliphatic heterocycles. The minimum absolute atomic E-state index is 0.105. The van der Waals surface area contributed by atoms with E-state index in [1.807, 2.05) is 42.8 Å². The zero-order valence-electron chi connectivity index (χ0n) is 15.1. The lowest BCUT2D eigenvalue weighted by atomic mass is 10.1. The first kappa shape index (κ1) is 18.7. The van der Waals surface area contributed by atoms with E-state index in [0.717, 1.165) is 27.9 Å². The molecular weight excluding hydrogens is 362 g/mol. The molecule has 0 saturated carbocycles. The summed E-state index contributed by atoms with van der Waals surface area (Å²) in [7, 11) is 1.95. The molecule has 0 radical (unpaired) electrons. The van der Waals surface area contributed by atoms with Gasteiger partial charge in [0.05, 0.1) is 11.5 Å². The smallest absolute Gasteiger partial charge is 0.191 e.